The summed E-state index contributed by atoms with van der Waals surface area (Å²) in [7, 11) is 3.42. The van der Waals surface area contributed by atoms with Gasteiger partial charge in [0.1, 0.15) is 16.4 Å². The lowest BCUT2D eigenvalue weighted by Gasteiger charge is -2.12. The van der Waals surface area contributed by atoms with Gasteiger partial charge in [-0.25, -0.2) is 9.78 Å². The van der Waals surface area contributed by atoms with Crippen molar-refractivity contribution in [3.63, 3.8) is 0 Å². The van der Waals surface area contributed by atoms with Crippen molar-refractivity contribution in [2.75, 3.05) is 24.2 Å². The first-order valence-electron chi connectivity index (χ1n) is 9.49. The predicted molar refractivity (Wildman–Crippen MR) is 115 cm³/mol. The van der Waals surface area contributed by atoms with Crippen LogP contribution in [-0.4, -0.2) is 55.2 Å². The number of nitrogens with zero attached hydrogens (tertiary/aromatic N) is 5. The number of hydrogen-bond donors (Lipinski definition) is 3. The number of aromatic nitrogens is 4. The Morgan fingerprint density at radius 3 is 2.77 bits per heavy atom. The summed E-state index contributed by atoms with van der Waals surface area (Å²) in [5.74, 6) is -0.300. The third-order valence-electron chi connectivity index (χ3n) is 5.10. The minimum Gasteiger partial charge on any atom is -0.477 e. The van der Waals surface area contributed by atoms with E-state index >= 15 is 0 Å². The van der Waals surface area contributed by atoms with Crippen molar-refractivity contribution in [1.29, 1.82) is 0 Å². The molecule has 11 heteroatoms. The van der Waals surface area contributed by atoms with Crippen molar-refractivity contribution >= 4 is 46.7 Å². The molecule has 31 heavy (non-hydrogen) atoms. The number of carbonyl (C=O) groups is 2. The van der Waals surface area contributed by atoms with Crippen molar-refractivity contribution in [3.05, 3.63) is 52.3 Å². The summed E-state index contributed by atoms with van der Waals surface area (Å²) in [6, 6.07) is 5.82. The molecule has 1 aromatic carbocycles. The van der Waals surface area contributed by atoms with Crippen molar-refractivity contribution in [3.8, 4) is 0 Å². The van der Waals surface area contributed by atoms with Gasteiger partial charge >= 0.3 is 5.97 Å². The van der Waals surface area contributed by atoms with Gasteiger partial charge in [-0.2, -0.15) is 10.1 Å². The van der Waals surface area contributed by atoms with Crippen LogP contribution in [0.3, 0.4) is 0 Å². The van der Waals surface area contributed by atoms with Crippen molar-refractivity contribution in [2.24, 2.45) is 7.05 Å². The van der Waals surface area contributed by atoms with Gasteiger partial charge in [-0.05, 0) is 29.7 Å². The molecule has 160 valence electrons. The Bertz CT molecular complexity index is 1180. The van der Waals surface area contributed by atoms with Gasteiger partial charge in [0.25, 0.3) is 0 Å². The van der Waals surface area contributed by atoms with Crippen LogP contribution >= 0.6 is 11.6 Å². The molecule has 4 rings (SSSR count). The number of likely N-dealkylation sites (N-methyl/N-ethyl adjacent to an activating group) is 1. The first-order chi connectivity index (χ1) is 14.8. The maximum Gasteiger partial charge on any atom is 0.341 e. The topological polar surface area (TPSA) is 125 Å². The molecule has 0 radical (unpaired) electrons. The second-order valence-corrected chi connectivity index (χ2v) is 7.61. The van der Waals surface area contributed by atoms with E-state index in [-0.39, 0.29) is 34.1 Å². The number of nitrogens with one attached hydrogen (secondary N) is 2. The van der Waals surface area contributed by atoms with Gasteiger partial charge in [0.2, 0.25) is 11.9 Å². The Morgan fingerprint density at radius 2 is 2.00 bits per heavy atom. The van der Waals surface area contributed by atoms with E-state index in [0.717, 1.165) is 23.2 Å². The zero-order valence-corrected chi connectivity index (χ0v) is 17.6. The number of carbonyl (C=O) groups excluding carboxylic acids is 1. The van der Waals surface area contributed by atoms with E-state index < -0.39 is 5.97 Å². The van der Waals surface area contributed by atoms with Gasteiger partial charge in [-0.3, -0.25) is 9.48 Å². The normalized spacial score (nSPS) is 13.5. The number of aryl methyl sites for hydroxylation is 1. The molecule has 0 fully saturated rings. The van der Waals surface area contributed by atoms with Gasteiger partial charge in [0.15, 0.2) is 5.82 Å². The molecule has 0 spiro atoms. The molecule has 1 amide bonds. The minimum absolute atomic E-state index is 0.00734. The number of amides is 1. The first-order valence-corrected chi connectivity index (χ1v) is 9.87. The highest BCUT2D eigenvalue weighted by atomic mass is 35.5. The fraction of sp³-hybridized carbons (Fsp3) is 0.250. The highest BCUT2D eigenvalue weighted by molar-refractivity contribution is 6.33. The lowest BCUT2D eigenvalue weighted by Crippen LogP contribution is -2.27. The van der Waals surface area contributed by atoms with Crippen LogP contribution in [0, 0.1) is 0 Å². The van der Waals surface area contributed by atoms with E-state index in [1.165, 1.54) is 17.1 Å². The van der Waals surface area contributed by atoms with Crippen LogP contribution in [0.1, 0.15) is 21.5 Å². The fourth-order valence-corrected chi connectivity index (χ4v) is 3.46. The molecule has 0 atom stereocenters. The summed E-state index contributed by atoms with van der Waals surface area (Å²) in [4.78, 5) is 33.9. The number of hydrogen-bond acceptors (Lipinski definition) is 7. The number of aromatic carboxylic acids is 1. The number of carboxylic acid groups (broad SMARTS) is 1. The number of benzene rings is 1. The summed E-state index contributed by atoms with van der Waals surface area (Å²) in [6.07, 6.45) is 3.80. The number of carboxylic acids is 1. The molecular weight excluding hydrogens is 422 g/mol. The Morgan fingerprint density at radius 1 is 1.19 bits per heavy atom. The Labute approximate surface area is 182 Å². The van der Waals surface area contributed by atoms with E-state index in [1.807, 2.05) is 25.2 Å². The smallest absolute Gasteiger partial charge is 0.341 e. The van der Waals surface area contributed by atoms with Crippen LogP contribution in [0.25, 0.3) is 0 Å². The number of anilines is 4. The summed E-state index contributed by atoms with van der Waals surface area (Å²) in [5.41, 5.74) is 2.83. The van der Waals surface area contributed by atoms with E-state index in [2.05, 4.69) is 25.7 Å². The van der Waals surface area contributed by atoms with Gasteiger partial charge in [0.05, 0.1) is 18.8 Å². The lowest BCUT2D eigenvalue weighted by molar-refractivity contribution is -0.128. The number of halogens is 1. The molecule has 0 saturated heterocycles. The number of rotatable bonds is 5. The number of fused-ring (bicyclic) bond motifs is 1. The summed E-state index contributed by atoms with van der Waals surface area (Å²) < 4.78 is 1.38. The molecule has 3 aromatic rings. The molecular formula is C20H20ClN7O3. The van der Waals surface area contributed by atoms with Crippen LogP contribution in [0.15, 0.2) is 30.6 Å². The molecule has 1 aliphatic heterocycles. The SMILES string of the molecule is CN1CCc2ccc(Nc3ncc(Cl)c(Nc4c(C(=O)O)cnn4C)n3)cc2CC1=O. The second-order valence-electron chi connectivity index (χ2n) is 7.20. The van der Waals surface area contributed by atoms with Crippen LogP contribution in [0.2, 0.25) is 5.02 Å². The Balaban J connectivity index is 1.59. The van der Waals surface area contributed by atoms with Crippen molar-refractivity contribution in [2.45, 2.75) is 12.8 Å². The predicted octanol–water partition coefficient (Wildman–Crippen LogP) is 2.61. The molecule has 0 unspecified atom stereocenters. The summed E-state index contributed by atoms with van der Waals surface area (Å²) in [6.45, 7) is 0.695. The van der Waals surface area contributed by atoms with Crippen molar-refractivity contribution in [1.82, 2.24) is 24.6 Å². The molecule has 3 heterocycles. The van der Waals surface area contributed by atoms with Crippen LogP contribution < -0.4 is 10.6 Å². The maximum atomic E-state index is 12.2. The van der Waals surface area contributed by atoms with E-state index in [1.54, 1.807) is 11.9 Å². The lowest BCUT2D eigenvalue weighted by atomic mass is 10.0. The molecule has 0 bridgehead atoms. The third-order valence-corrected chi connectivity index (χ3v) is 5.37. The molecule has 2 aromatic heterocycles. The van der Waals surface area contributed by atoms with Crippen molar-refractivity contribution < 1.29 is 14.7 Å². The monoisotopic (exact) mass is 441 g/mol. The average Bonchev–Trinajstić information content (AvgIpc) is 3.03. The molecule has 1 aliphatic rings. The third kappa shape index (κ3) is 4.29. The maximum absolute atomic E-state index is 12.2. The zero-order valence-electron chi connectivity index (χ0n) is 16.9. The van der Waals surface area contributed by atoms with Crippen LogP contribution in [0.5, 0.6) is 0 Å². The van der Waals surface area contributed by atoms with Gasteiger partial charge in [-0.15, -0.1) is 0 Å². The summed E-state index contributed by atoms with van der Waals surface area (Å²) in [5, 5.41) is 19.5. The van der Waals surface area contributed by atoms with E-state index in [0.29, 0.717) is 13.0 Å². The molecule has 10 nitrogen and oxygen atoms in total. The minimum atomic E-state index is -1.12. The van der Waals surface area contributed by atoms with Gasteiger partial charge in [-0.1, -0.05) is 17.7 Å². The van der Waals surface area contributed by atoms with Crippen LogP contribution in [0.4, 0.5) is 23.3 Å². The Kier molecular flexibility index (Phi) is 5.47. The highest BCUT2D eigenvalue weighted by Gasteiger charge is 2.19. The molecule has 3 N–H and O–H groups in total. The van der Waals surface area contributed by atoms with Crippen LogP contribution in [-0.2, 0) is 24.7 Å². The van der Waals surface area contributed by atoms with E-state index in [9.17, 15) is 14.7 Å². The molecule has 0 saturated carbocycles. The Hall–Kier alpha value is -3.66. The molecule has 0 aliphatic carbocycles. The highest BCUT2D eigenvalue weighted by Crippen LogP contribution is 2.27. The van der Waals surface area contributed by atoms with E-state index in [4.69, 9.17) is 11.6 Å². The van der Waals surface area contributed by atoms with Gasteiger partial charge in [0, 0.05) is 26.3 Å². The summed E-state index contributed by atoms with van der Waals surface area (Å²) >= 11 is 6.21. The fourth-order valence-electron chi connectivity index (χ4n) is 3.32. The standard InChI is InChI=1S/C20H20ClN7O3/c1-27-6-5-11-3-4-13(7-12(11)8-16(27)29)24-20-22-10-15(21)17(26-20)25-18-14(19(30)31)9-23-28(18)2/h3-4,7,9-10H,5-6,8H2,1-2H3,(H,30,31)(H2,22,24,25,26). The van der Waals surface area contributed by atoms with Gasteiger partial charge < -0.3 is 20.6 Å². The quantitative estimate of drug-likeness (QED) is 0.551. The largest absolute Gasteiger partial charge is 0.477 e. The second kappa shape index (κ2) is 8.23. The average molecular weight is 442 g/mol. The zero-order chi connectivity index (χ0) is 22.1. The first kappa shape index (κ1) is 20.6.